The van der Waals surface area contributed by atoms with E-state index in [0.717, 1.165) is 125 Å². The predicted molar refractivity (Wildman–Crippen MR) is 158 cm³/mol. The number of benzene rings is 1. The van der Waals surface area contributed by atoms with Crippen molar-refractivity contribution in [1.29, 1.82) is 0 Å². The van der Waals surface area contributed by atoms with Gasteiger partial charge in [0.1, 0.15) is 11.5 Å². The summed E-state index contributed by atoms with van der Waals surface area (Å²) in [6.07, 6.45) is 11.2. The molecule has 6 nitrogen and oxygen atoms in total. The lowest BCUT2D eigenvalue weighted by atomic mass is 9.84. The lowest BCUT2D eigenvalue weighted by Gasteiger charge is -2.40. The van der Waals surface area contributed by atoms with Gasteiger partial charge in [-0.05, 0) is 95.4 Å². The third-order valence-corrected chi connectivity index (χ3v) is 9.06. The molecular formula is C30H48Br2O6. The van der Waals surface area contributed by atoms with Crippen LogP contribution >= 0.6 is 31.9 Å². The van der Waals surface area contributed by atoms with Crippen LogP contribution in [0.1, 0.15) is 78.1 Å². The summed E-state index contributed by atoms with van der Waals surface area (Å²) in [5.41, 5.74) is 0.574. The number of rotatable bonds is 22. The van der Waals surface area contributed by atoms with Crippen LogP contribution in [-0.4, -0.2) is 66.1 Å². The molecule has 0 N–H and O–H groups in total. The van der Waals surface area contributed by atoms with Crippen molar-refractivity contribution < 1.29 is 28.4 Å². The maximum Gasteiger partial charge on any atom is 0.134 e. The molecule has 1 aromatic carbocycles. The van der Waals surface area contributed by atoms with Crippen LogP contribution in [0.15, 0.2) is 21.1 Å². The summed E-state index contributed by atoms with van der Waals surface area (Å²) in [6.45, 7) is 12.6. The van der Waals surface area contributed by atoms with Crippen LogP contribution in [0.4, 0.5) is 0 Å². The molecule has 8 heteroatoms. The number of hydrogen-bond donors (Lipinski definition) is 0. The van der Waals surface area contributed by atoms with E-state index >= 15 is 0 Å². The lowest BCUT2D eigenvalue weighted by Crippen LogP contribution is -2.45. The summed E-state index contributed by atoms with van der Waals surface area (Å²) < 4.78 is 36.3. The quantitative estimate of drug-likeness (QED) is 0.117. The molecule has 2 fully saturated rings. The molecule has 0 amide bonds. The van der Waals surface area contributed by atoms with Gasteiger partial charge in [-0.1, -0.05) is 26.7 Å². The van der Waals surface area contributed by atoms with Crippen LogP contribution in [0.25, 0.3) is 0 Å². The molecule has 2 aliphatic heterocycles. The van der Waals surface area contributed by atoms with Crippen molar-refractivity contribution in [3.63, 3.8) is 0 Å². The Morgan fingerprint density at radius 2 is 0.974 bits per heavy atom. The van der Waals surface area contributed by atoms with E-state index in [0.29, 0.717) is 13.2 Å². The van der Waals surface area contributed by atoms with Crippen LogP contribution in [0, 0.1) is 10.8 Å². The van der Waals surface area contributed by atoms with E-state index < -0.39 is 0 Å². The van der Waals surface area contributed by atoms with Gasteiger partial charge < -0.3 is 28.4 Å². The van der Waals surface area contributed by atoms with Crippen molar-refractivity contribution in [3.05, 3.63) is 21.1 Å². The summed E-state index contributed by atoms with van der Waals surface area (Å²) >= 11 is 7.28. The predicted octanol–water partition coefficient (Wildman–Crippen LogP) is 7.98. The van der Waals surface area contributed by atoms with Crippen molar-refractivity contribution in [2.75, 3.05) is 66.1 Å². The van der Waals surface area contributed by atoms with Crippen LogP contribution in [0.2, 0.25) is 0 Å². The number of halogens is 2. The Kier molecular flexibility index (Phi) is 14.7. The largest absolute Gasteiger partial charge is 0.492 e. The van der Waals surface area contributed by atoms with E-state index in [1.807, 2.05) is 12.1 Å². The fraction of sp³-hybridized carbons (Fsp3) is 0.800. The summed E-state index contributed by atoms with van der Waals surface area (Å²) in [7, 11) is 0. The minimum absolute atomic E-state index is 0.287. The topological polar surface area (TPSA) is 55.4 Å². The van der Waals surface area contributed by atoms with Gasteiger partial charge in [0.05, 0.1) is 61.8 Å². The summed E-state index contributed by atoms with van der Waals surface area (Å²) in [5.74, 6) is 1.69. The molecule has 0 saturated carbocycles. The second-order valence-electron chi connectivity index (χ2n) is 11.0. The second-order valence-corrected chi connectivity index (χ2v) is 12.7. The van der Waals surface area contributed by atoms with Crippen LogP contribution in [0.3, 0.4) is 0 Å². The highest BCUT2D eigenvalue weighted by atomic mass is 79.9. The highest BCUT2D eigenvalue weighted by molar-refractivity contribution is 9.11. The average molecular weight is 665 g/mol. The third-order valence-electron chi connectivity index (χ3n) is 7.82. The van der Waals surface area contributed by atoms with Gasteiger partial charge in [-0.25, -0.2) is 0 Å². The molecule has 1 aromatic rings. The van der Waals surface area contributed by atoms with Gasteiger partial charge >= 0.3 is 0 Å². The molecule has 0 bridgehead atoms. The normalized spacial score (nSPS) is 17.6. The summed E-state index contributed by atoms with van der Waals surface area (Å²) in [6, 6.07) is 3.99. The molecule has 218 valence electrons. The highest BCUT2D eigenvalue weighted by Gasteiger charge is 2.37. The molecule has 38 heavy (non-hydrogen) atoms. The van der Waals surface area contributed by atoms with E-state index in [1.165, 1.54) is 12.8 Å². The first kappa shape index (κ1) is 32.1. The molecule has 2 heterocycles. The maximum atomic E-state index is 6.01. The zero-order valence-corrected chi connectivity index (χ0v) is 26.7. The fourth-order valence-electron chi connectivity index (χ4n) is 4.55. The molecule has 0 aromatic heterocycles. The van der Waals surface area contributed by atoms with E-state index in [9.17, 15) is 0 Å². The van der Waals surface area contributed by atoms with Crippen LogP contribution < -0.4 is 9.47 Å². The Labute approximate surface area is 247 Å². The van der Waals surface area contributed by atoms with E-state index in [2.05, 4.69) is 45.7 Å². The van der Waals surface area contributed by atoms with Gasteiger partial charge in [0.25, 0.3) is 0 Å². The minimum atomic E-state index is 0.287. The van der Waals surface area contributed by atoms with E-state index in [4.69, 9.17) is 28.4 Å². The van der Waals surface area contributed by atoms with Gasteiger partial charge in [0, 0.05) is 24.0 Å². The monoisotopic (exact) mass is 662 g/mol. The van der Waals surface area contributed by atoms with Crippen molar-refractivity contribution in [2.45, 2.75) is 78.1 Å². The molecule has 3 rings (SSSR count). The first-order valence-corrected chi connectivity index (χ1v) is 16.2. The Bertz CT molecular complexity index is 720. The van der Waals surface area contributed by atoms with Gasteiger partial charge in [-0.15, -0.1) is 0 Å². The van der Waals surface area contributed by atoms with Crippen LogP contribution in [-0.2, 0) is 18.9 Å². The maximum absolute atomic E-state index is 6.01. The molecule has 0 aliphatic carbocycles. The van der Waals surface area contributed by atoms with Crippen LogP contribution in [0.5, 0.6) is 11.5 Å². The zero-order valence-electron chi connectivity index (χ0n) is 23.5. The molecule has 0 atom stereocenters. The Morgan fingerprint density at radius 1 is 0.605 bits per heavy atom. The molecule has 2 saturated heterocycles. The summed E-state index contributed by atoms with van der Waals surface area (Å²) in [5, 5.41) is 0. The van der Waals surface area contributed by atoms with Crippen molar-refractivity contribution >= 4 is 31.9 Å². The van der Waals surface area contributed by atoms with Gasteiger partial charge in [-0.2, -0.15) is 0 Å². The van der Waals surface area contributed by atoms with Gasteiger partial charge in [0.15, 0.2) is 0 Å². The second kappa shape index (κ2) is 17.4. The highest BCUT2D eigenvalue weighted by Crippen LogP contribution is 2.37. The number of hydrogen-bond acceptors (Lipinski definition) is 6. The standard InChI is InChI=1S/C30H48Br2O6/c1-3-29(21-35-22-29)19-33-13-9-5-7-11-15-37-27-17-26(32)28(18-25(27)31)38-16-12-8-6-10-14-34-20-30(4-2)23-36-24-30/h17-18H,3-16,19-24H2,1-2H3. The molecule has 0 unspecified atom stereocenters. The van der Waals surface area contributed by atoms with Crippen molar-refractivity contribution in [2.24, 2.45) is 10.8 Å². The Hall–Kier alpha value is -0.380. The molecular weight excluding hydrogens is 616 g/mol. The fourth-order valence-corrected chi connectivity index (χ4v) is 5.43. The summed E-state index contributed by atoms with van der Waals surface area (Å²) in [4.78, 5) is 0. The van der Waals surface area contributed by atoms with Crippen molar-refractivity contribution in [1.82, 2.24) is 0 Å². The zero-order chi connectivity index (χ0) is 27.1. The first-order valence-electron chi connectivity index (χ1n) is 14.6. The first-order chi connectivity index (χ1) is 18.5. The number of unbranched alkanes of at least 4 members (excludes halogenated alkanes) is 6. The third kappa shape index (κ3) is 10.5. The Morgan fingerprint density at radius 3 is 1.29 bits per heavy atom. The number of ether oxygens (including phenoxy) is 6. The molecule has 0 radical (unpaired) electrons. The van der Waals surface area contributed by atoms with Crippen molar-refractivity contribution in [3.8, 4) is 11.5 Å². The SMILES string of the molecule is CCC1(COCCCCCCOc2cc(Br)c(OCCCCCCOCC3(CC)COC3)cc2Br)COC1. The smallest absolute Gasteiger partial charge is 0.134 e. The lowest BCUT2D eigenvalue weighted by molar-refractivity contribution is -0.150. The van der Waals surface area contributed by atoms with Gasteiger partial charge in [-0.3, -0.25) is 0 Å². The molecule has 2 aliphatic rings. The molecule has 0 spiro atoms. The Balaban J connectivity index is 1.17. The van der Waals surface area contributed by atoms with E-state index in [-0.39, 0.29) is 10.8 Å². The average Bonchev–Trinajstić information content (AvgIpc) is 2.87. The van der Waals surface area contributed by atoms with E-state index in [1.54, 1.807) is 0 Å². The van der Waals surface area contributed by atoms with Gasteiger partial charge in [0.2, 0.25) is 0 Å². The minimum Gasteiger partial charge on any atom is -0.492 e.